The Labute approximate surface area is 62.8 Å². The quantitative estimate of drug-likeness (QED) is 0.663. The Hall–Kier alpha value is -0.770. The third kappa shape index (κ3) is 1.21. The minimum absolute atomic E-state index is 0.0521. The van der Waals surface area contributed by atoms with E-state index in [1.807, 2.05) is 13.8 Å². The van der Waals surface area contributed by atoms with Gasteiger partial charge in [0.2, 0.25) is 5.28 Å². The van der Waals surface area contributed by atoms with Gasteiger partial charge >= 0.3 is 5.69 Å². The number of nitrogens with one attached hydrogen (secondary N) is 1. The first-order valence-electron chi connectivity index (χ1n) is 2.95. The molecule has 0 aliphatic rings. The van der Waals surface area contributed by atoms with Gasteiger partial charge in [0.05, 0.1) is 6.04 Å². The smallest absolute Gasteiger partial charge is 0.279 e. The van der Waals surface area contributed by atoms with Crippen LogP contribution in [0.4, 0.5) is 0 Å². The lowest BCUT2D eigenvalue weighted by molar-refractivity contribution is 0.514. The van der Waals surface area contributed by atoms with E-state index in [1.165, 1.54) is 4.68 Å². The molecule has 4 nitrogen and oxygen atoms in total. The summed E-state index contributed by atoms with van der Waals surface area (Å²) in [7, 11) is 0. The second-order valence-electron chi connectivity index (χ2n) is 2.26. The van der Waals surface area contributed by atoms with Gasteiger partial charge in [-0.2, -0.15) is 0 Å². The molecular formula is C5H8ClN3O. The zero-order valence-corrected chi connectivity index (χ0v) is 6.51. The summed E-state index contributed by atoms with van der Waals surface area (Å²) in [4.78, 5) is 13.2. The molecule has 0 radical (unpaired) electrons. The fraction of sp³-hybridized carbons (Fsp3) is 0.600. The van der Waals surface area contributed by atoms with Crippen LogP contribution < -0.4 is 5.69 Å². The van der Waals surface area contributed by atoms with Gasteiger partial charge < -0.3 is 0 Å². The first-order valence-corrected chi connectivity index (χ1v) is 3.33. The minimum atomic E-state index is -0.264. The zero-order chi connectivity index (χ0) is 7.72. The SMILES string of the molecule is CC(C)n1nc(Cl)[nH]c1=O. The van der Waals surface area contributed by atoms with Crippen LogP contribution in [0.3, 0.4) is 0 Å². The number of rotatable bonds is 1. The molecule has 56 valence electrons. The van der Waals surface area contributed by atoms with Gasteiger partial charge in [-0.3, -0.25) is 4.98 Å². The molecule has 0 aliphatic heterocycles. The third-order valence-electron chi connectivity index (χ3n) is 1.10. The first-order chi connectivity index (χ1) is 4.61. The fourth-order valence-electron chi connectivity index (χ4n) is 0.660. The average Bonchev–Trinajstić information content (AvgIpc) is 2.10. The van der Waals surface area contributed by atoms with E-state index in [0.717, 1.165) is 0 Å². The predicted octanol–water partition coefficient (Wildman–Crippen LogP) is 0.806. The number of nitrogens with zero attached hydrogens (tertiary/aromatic N) is 2. The van der Waals surface area contributed by atoms with E-state index < -0.39 is 0 Å². The van der Waals surface area contributed by atoms with Gasteiger partial charge in [0.1, 0.15) is 0 Å². The summed E-state index contributed by atoms with van der Waals surface area (Å²) < 4.78 is 1.29. The Bertz CT molecular complexity index is 275. The van der Waals surface area contributed by atoms with E-state index >= 15 is 0 Å². The molecule has 1 aromatic rings. The van der Waals surface area contributed by atoms with E-state index in [4.69, 9.17) is 11.6 Å². The second-order valence-corrected chi connectivity index (χ2v) is 2.62. The maximum absolute atomic E-state index is 10.8. The second kappa shape index (κ2) is 2.46. The van der Waals surface area contributed by atoms with Crippen molar-refractivity contribution >= 4 is 11.6 Å². The van der Waals surface area contributed by atoms with Crippen molar-refractivity contribution in [2.45, 2.75) is 19.9 Å². The summed E-state index contributed by atoms with van der Waals surface area (Å²) in [5.41, 5.74) is -0.264. The Morgan fingerprint density at radius 3 is 2.50 bits per heavy atom. The number of aromatic nitrogens is 3. The van der Waals surface area contributed by atoms with Crippen LogP contribution in [-0.4, -0.2) is 14.8 Å². The number of hydrogen-bond acceptors (Lipinski definition) is 2. The molecule has 0 bridgehead atoms. The predicted molar refractivity (Wildman–Crippen MR) is 38.2 cm³/mol. The van der Waals surface area contributed by atoms with Crippen LogP contribution in [0.15, 0.2) is 4.79 Å². The highest BCUT2D eigenvalue weighted by atomic mass is 35.5. The summed E-state index contributed by atoms with van der Waals surface area (Å²) >= 11 is 5.42. The van der Waals surface area contributed by atoms with Crippen molar-refractivity contribution in [2.75, 3.05) is 0 Å². The molecular weight excluding hydrogens is 154 g/mol. The highest BCUT2D eigenvalue weighted by Gasteiger charge is 2.04. The summed E-state index contributed by atoms with van der Waals surface area (Å²) in [5.74, 6) is 0. The Balaban J connectivity index is 3.16. The molecule has 5 heteroatoms. The number of hydrogen-bond donors (Lipinski definition) is 1. The molecule has 0 aromatic carbocycles. The standard InChI is InChI=1S/C5H8ClN3O/c1-3(2)9-5(10)7-4(6)8-9/h3H,1-2H3,(H,7,8,10). The molecule has 0 saturated heterocycles. The molecule has 1 aromatic heterocycles. The van der Waals surface area contributed by atoms with E-state index in [1.54, 1.807) is 0 Å². The van der Waals surface area contributed by atoms with Gasteiger partial charge in [0.25, 0.3) is 0 Å². The summed E-state index contributed by atoms with van der Waals surface area (Å²) in [6.45, 7) is 3.72. The summed E-state index contributed by atoms with van der Waals surface area (Å²) in [6, 6.07) is 0.0521. The van der Waals surface area contributed by atoms with Crippen LogP contribution in [0, 0.1) is 0 Å². The lowest BCUT2D eigenvalue weighted by atomic mass is 10.4. The monoisotopic (exact) mass is 161 g/mol. The Morgan fingerprint density at radius 2 is 2.30 bits per heavy atom. The van der Waals surface area contributed by atoms with Gasteiger partial charge in [0, 0.05) is 0 Å². The van der Waals surface area contributed by atoms with Gasteiger partial charge in [0.15, 0.2) is 0 Å². The first kappa shape index (κ1) is 7.34. The van der Waals surface area contributed by atoms with Gasteiger partial charge in [-0.15, -0.1) is 5.10 Å². The van der Waals surface area contributed by atoms with Crippen molar-refractivity contribution in [3.05, 3.63) is 15.8 Å². The Kier molecular flexibility index (Phi) is 1.80. The minimum Gasteiger partial charge on any atom is -0.279 e. The van der Waals surface area contributed by atoms with E-state index in [2.05, 4.69) is 10.1 Å². The van der Waals surface area contributed by atoms with Crippen molar-refractivity contribution in [1.29, 1.82) is 0 Å². The molecule has 0 fully saturated rings. The number of halogens is 1. The molecule has 10 heavy (non-hydrogen) atoms. The maximum Gasteiger partial charge on any atom is 0.344 e. The molecule has 1 rings (SSSR count). The van der Waals surface area contributed by atoms with E-state index in [0.29, 0.717) is 0 Å². The molecule has 0 spiro atoms. The van der Waals surface area contributed by atoms with Gasteiger partial charge in [-0.25, -0.2) is 9.48 Å². The van der Waals surface area contributed by atoms with E-state index in [9.17, 15) is 4.79 Å². The lowest BCUT2D eigenvalue weighted by Crippen LogP contribution is -2.19. The highest BCUT2D eigenvalue weighted by molar-refractivity contribution is 6.28. The van der Waals surface area contributed by atoms with Crippen molar-refractivity contribution < 1.29 is 0 Å². The van der Waals surface area contributed by atoms with Crippen molar-refractivity contribution in [3.8, 4) is 0 Å². The van der Waals surface area contributed by atoms with E-state index in [-0.39, 0.29) is 17.0 Å². The van der Waals surface area contributed by atoms with Crippen LogP contribution >= 0.6 is 11.6 Å². The van der Waals surface area contributed by atoms with Crippen molar-refractivity contribution in [1.82, 2.24) is 14.8 Å². The molecule has 0 atom stereocenters. The fourth-order valence-corrected chi connectivity index (χ4v) is 0.823. The average molecular weight is 162 g/mol. The van der Waals surface area contributed by atoms with Crippen molar-refractivity contribution in [2.24, 2.45) is 0 Å². The van der Waals surface area contributed by atoms with Crippen LogP contribution in [-0.2, 0) is 0 Å². The summed E-state index contributed by atoms with van der Waals surface area (Å²) in [5, 5.41) is 3.86. The van der Waals surface area contributed by atoms with Crippen LogP contribution in [0.2, 0.25) is 5.28 Å². The topological polar surface area (TPSA) is 50.7 Å². The zero-order valence-electron chi connectivity index (χ0n) is 5.76. The van der Waals surface area contributed by atoms with Gasteiger partial charge in [-0.1, -0.05) is 0 Å². The lowest BCUT2D eigenvalue weighted by Gasteiger charge is -1.99. The largest absolute Gasteiger partial charge is 0.344 e. The normalized spacial score (nSPS) is 10.8. The van der Waals surface area contributed by atoms with Crippen LogP contribution in [0.1, 0.15) is 19.9 Å². The highest BCUT2D eigenvalue weighted by Crippen LogP contribution is 1.99. The molecule has 1 heterocycles. The summed E-state index contributed by atoms with van der Waals surface area (Å²) in [6.07, 6.45) is 0. The molecule has 0 unspecified atom stereocenters. The van der Waals surface area contributed by atoms with Crippen LogP contribution in [0.5, 0.6) is 0 Å². The molecule has 1 N–H and O–H groups in total. The Morgan fingerprint density at radius 1 is 1.70 bits per heavy atom. The molecule has 0 saturated carbocycles. The van der Waals surface area contributed by atoms with Crippen LogP contribution in [0.25, 0.3) is 0 Å². The van der Waals surface area contributed by atoms with Gasteiger partial charge in [-0.05, 0) is 25.4 Å². The van der Waals surface area contributed by atoms with Crippen molar-refractivity contribution in [3.63, 3.8) is 0 Å². The maximum atomic E-state index is 10.8. The molecule has 0 amide bonds. The number of H-pyrrole nitrogens is 1. The molecule has 0 aliphatic carbocycles. The third-order valence-corrected chi connectivity index (χ3v) is 1.27. The number of aromatic amines is 1.